The minimum absolute atomic E-state index is 0.135. The molecular formula is C15H16F3NS. The van der Waals surface area contributed by atoms with E-state index in [4.69, 9.17) is 0 Å². The van der Waals surface area contributed by atoms with Crippen molar-refractivity contribution in [2.24, 2.45) is 0 Å². The summed E-state index contributed by atoms with van der Waals surface area (Å²) in [6.45, 7) is 6.38. The van der Waals surface area contributed by atoms with Crippen LogP contribution in [0.1, 0.15) is 33.8 Å². The van der Waals surface area contributed by atoms with Gasteiger partial charge in [0.1, 0.15) is 0 Å². The lowest BCUT2D eigenvalue weighted by Crippen LogP contribution is -2.23. The van der Waals surface area contributed by atoms with Gasteiger partial charge in [0.05, 0.1) is 6.04 Å². The van der Waals surface area contributed by atoms with Crippen LogP contribution >= 0.6 is 11.3 Å². The highest BCUT2D eigenvalue weighted by Gasteiger charge is 2.24. The Balaban J connectivity index is 2.54. The van der Waals surface area contributed by atoms with Crippen molar-refractivity contribution in [2.75, 3.05) is 6.54 Å². The molecule has 0 saturated carbocycles. The Bertz CT molecular complexity index is 622. The summed E-state index contributed by atoms with van der Waals surface area (Å²) in [6.07, 6.45) is 0. The van der Waals surface area contributed by atoms with Gasteiger partial charge in [0.2, 0.25) is 0 Å². The summed E-state index contributed by atoms with van der Waals surface area (Å²) in [5.74, 6) is -3.71. The number of halogens is 3. The molecule has 1 N–H and O–H groups in total. The molecule has 5 heteroatoms. The number of rotatable bonds is 4. The number of hydrogen-bond acceptors (Lipinski definition) is 2. The lowest BCUT2D eigenvalue weighted by atomic mass is 10.0. The van der Waals surface area contributed by atoms with E-state index in [1.54, 1.807) is 0 Å². The van der Waals surface area contributed by atoms with E-state index < -0.39 is 23.5 Å². The molecule has 0 radical (unpaired) electrons. The Morgan fingerprint density at radius 2 is 1.85 bits per heavy atom. The van der Waals surface area contributed by atoms with E-state index in [0.717, 1.165) is 21.4 Å². The van der Waals surface area contributed by atoms with E-state index in [-0.39, 0.29) is 5.56 Å². The van der Waals surface area contributed by atoms with Crippen LogP contribution in [0.15, 0.2) is 18.2 Å². The zero-order valence-corrected chi connectivity index (χ0v) is 12.4. The molecule has 1 unspecified atom stereocenters. The molecule has 1 aromatic carbocycles. The Kier molecular flexibility index (Phi) is 4.50. The molecular weight excluding hydrogens is 283 g/mol. The topological polar surface area (TPSA) is 12.0 Å². The van der Waals surface area contributed by atoms with Gasteiger partial charge in [0.25, 0.3) is 0 Å². The predicted molar refractivity (Wildman–Crippen MR) is 75.6 cm³/mol. The maximum atomic E-state index is 14.0. The van der Waals surface area contributed by atoms with Gasteiger partial charge in [0.15, 0.2) is 17.5 Å². The fraction of sp³-hybridized carbons (Fsp3) is 0.333. The fourth-order valence-electron chi connectivity index (χ4n) is 2.26. The van der Waals surface area contributed by atoms with E-state index in [2.05, 4.69) is 5.32 Å². The van der Waals surface area contributed by atoms with E-state index >= 15 is 0 Å². The van der Waals surface area contributed by atoms with Gasteiger partial charge in [-0.25, -0.2) is 13.2 Å². The van der Waals surface area contributed by atoms with Crippen LogP contribution in [-0.2, 0) is 0 Å². The Morgan fingerprint density at radius 1 is 1.15 bits per heavy atom. The Hall–Kier alpha value is -1.33. The molecule has 0 spiro atoms. The van der Waals surface area contributed by atoms with Crippen LogP contribution in [0, 0.1) is 31.3 Å². The third-order valence-corrected chi connectivity index (χ3v) is 4.34. The number of thiophene rings is 1. The van der Waals surface area contributed by atoms with Gasteiger partial charge < -0.3 is 5.32 Å². The quantitative estimate of drug-likeness (QED) is 0.821. The fourth-order valence-corrected chi connectivity index (χ4v) is 3.39. The van der Waals surface area contributed by atoms with Crippen LogP contribution in [0.3, 0.4) is 0 Å². The van der Waals surface area contributed by atoms with Crippen molar-refractivity contribution in [1.29, 1.82) is 0 Å². The molecule has 0 aliphatic rings. The number of nitrogens with one attached hydrogen (secondary N) is 1. The first-order valence-electron chi connectivity index (χ1n) is 6.39. The molecule has 0 aliphatic heterocycles. The highest BCUT2D eigenvalue weighted by molar-refractivity contribution is 7.12. The van der Waals surface area contributed by atoms with E-state index in [9.17, 15) is 13.2 Å². The first kappa shape index (κ1) is 15.1. The first-order chi connectivity index (χ1) is 9.45. The van der Waals surface area contributed by atoms with Gasteiger partial charge in [0, 0.05) is 15.3 Å². The van der Waals surface area contributed by atoms with Crippen molar-refractivity contribution in [3.8, 4) is 0 Å². The summed E-state index contributed by atoms with van der Waals surface area (Å²) in [7, 11) is 0. The monoisotopic (exact) mass is 299 g/mol. The maximum absolute atomic E-state index is 14.0. The number of hydrogen-bond donors (Lipinski definition) is 1. The molecule has 0 saturated heterocycles. The second-order valence-electron chi connectivity index (χ2n) is 4.66. The summed E-state index contributed by atoms with van der Waals surface area (Å²) in [5.41, 5.74) is 1.15. The van der Waals surface area contributed by atoms with Gasteiger partial charge in [-0.1, -0.05) is 13.0 Å². The molecule has 2 aromatic rings. The number of benzene rings is 1. The lowest BCUT2D eigenvalue weighted by molar-refractivity contribution is 0.433. The van der Waals surface area contributed by atoms with Gasteiger partial charge >= 0.3 is 0 Å². The van der Waals surface area contributed by atoms with Crippen LogP contribution in [0.4, 0.5) is 13.2 Å². The third-order valence-electron chi connectivity index (χ3n) is 3.13. The van der Waals surface area contributed by atoms with E-state index in [1.807, 2.05) is 26.8 Å². The zero-order chi connectivity index (χ0) is 14.9. The SMILES string of the molecule is CCNC(c1ccc(F)c(F)c1F)c1sc(C)cc1C. The van der Waals surface area contributed by atoms with E-state index in [0.29, 0.717) is 6.54 Å². The van der Waals surface area contributed by atoms with Gasteiger partial charge in [-0.2, -0.15) is 0 Å². The highest BCUT2D eigenvalue weighted by Crippen LogP contribution is 2.33. The van der Waals surface area contributed by atoms with Crippen LogP contribution in [0.25, 0.3) is 0 Å². The van der Waals surface area contributed by atoms with Gasteiger partial charge in [-0.3, -0.25) is 0 Å². The molecule has 0 fully saturated rings. The van der Waals surface area contributed by atoms with Crippen LogP contribution in [0.2, 0.25) is 0 Å². The summed E-state index contributed by atoms with van der Waals surface area (Å²) in [5, 5.41) is 3.14. The lowest BCUT2D eigenvalue weighted by Gasteiger charge is -2.19. The largest absolute Gasteiger partial charge is 0.306 e. The molecule has 1 heterocycles. The van der Waals surface area contributed by atoms with Crippen molar-refractivity contribution in [1.82, 2.24) is 5.32 Å². The van der Waals surface area contributed by atoms with Crippen molar-refractivity contribution in [3.63, 3.8) is 0 Å². The smallest absolute Gasteiger partial charge is 0.194 e. The summed E-state index contributed by atoms with van der Waals surface area (Å²) >= 11 is 1.53. The Labute approximate surface area is 120 Å². The van der Waals surface area contributed by atoms with Gasteiger partial charge in [-0.15, -0.1) is 11.3 Å². The van der Waals surface area contributed by atoms with Crippen molar-refractivity contribution < 1.29 is 13.2 Å². The van der Waals surface area contributed by atoms with Crippen molar-refractivity contribution >= 4 is 11.3 Å². The first-order valence-corrected chi connectivity index (χ1v) is 7.21. The molecule has 1 nitrogen and oxygen atoms in total. The van der Waals surface area contributed by atoms with Gasteiger partial charge in [-0.05, 0) is 38.1 Å². The molecule has 0 amide bonds. The average Bonchev–Trinajstić information content (AvgIpc) is 2.73. The van der Waals surface area contributed by atoms with Crippen LogP contribution < -0.4 is 5.32 Å². The minimum Gasteiger partial charge on any atom is -0.306 e. The van der Waals surface area contributed by atoms with Crippen LogP contribution in [-0.4, -0.2) is 6.54 Å². The molecule has 0 aliphatic carbocycles. The molecule has 2 rings (SSSR count). The summed E-state index contributed by atoms with van der Waals surface area (Å²) in [6, 6.07) is 3.81. The second kappa shape index (κ2) is 5.97. The molecule has 20 heavy (non-hydrogen) atoms. The molecule has 1 aromatic heterocycles. The zero-order valence-electron chi connectivity index (χ0n) is 11.6. The standard InChI is InChI=1S/C15H16F3NS/c1-4-19-14(15-8(2)7-9(3)20-15)10-5-6-11(16)13(18)12(10)17/h5-7,14,19H,4H2,1-3H3. The highest BCUT2D eigenvalue weighted by atomic mass is 32.1. The third kappa shape index (κ3) is 2.74. The average molecular weight is 299 g/mol. The Morgan fingerprint density at radius 3 is 2.40 bits per heavy atom. The summed E-state index contributed by atoms with van der Waals surface area (Å²) < 4.78 is 40.5. The van der Waals surface area contributed by atoms with E-state index in [1.165, 1.54) is 17.4 Å². The molecule has 108 valence electrons. The number of aryl methyl sites for hydroxylation is 2. The minimum atomic E-state index is -1.42. The normalized spacial score (nSPS) is 12.7. The predicted octanol–water partition coefficient (Wildman–Crippen LogP) is 4.48. The second-order valence-corrected chi connectivity index (χ2v) is 5.95. The molecule has 1 atom stereocenters. The van der Waals surface area contributed by atoms with Crippen molar-refractivity contribution in [3.05, 3.63) is 56.5 Å². The molecule has 0 bridgehead atoms. The van der Waals surface area contributed by atoms with Crippen molar-refractivity contribution in [2.45, 2.75) is 26.8 Å². The summed E-state index contributed by atoms with van der Waals surface area (Å²) in [4.78, 5) is 2.03. The van der Waals surface area contributed by atoms with Crippen LogP contribution in [0.5, 0.6) is 0 Å². The maximum Gasteiger partial charge on any atom is 0.194 e.